The summed E-state index contributed by atoms with van der Waals surface area (Å²) in [6, 6.07) is 0. The summed E-state index contributed by atoms with van der Waals surface area (Å²) in [6.45, 7) is 7.54. The van der Waals surface area contributed by atoms with Gasteiger partial charge in [-0.15, -0.1) is 23.5 Å². The molecule has 3 aliphatic heterocycles. The zero-order valence-corrected chi connectivity index (χ0v) is 15.2. The molecule has 7 heteroatoms. The maximum Gasteiger partial charge on any atom is 0.164 e. The Morgan fingerprint density at radius 3 is 2.05 bits per heavy atom. The summed E-state index contributed by atoms with van der Waals surface area (Å²) in [5.74, 6) is 0.971. The molecule has 0 saturated carbocycles. The van der Waals surface area contributed by atoms with E-state index >= 15 is 0 Å². The van der Waals surface area contributed by atoms with Crippen molar-refractivity contribution in [2.24, 2.45) is 0 Å². The van der Waals surface area contributed by atoms with Crippen molar-refractivity contribution in [3.63, 3.8) is 0 Å². The molecule has 3 heterocycles. The van der Waals surface area contributed by atoms with Gasteiger partial charge in [-0.2, -0.15) is 0 Å². The zero-order valence-electron chi connectivity index (χ0n) is 13.6. The largest absolute Gasteiger partial charge is 0.394 e. The van der Waals surface area contributed by atoms with Crippen LogP contribution in [0.2, 0.25) is 0 Å². The third-order valence-corrected chi connectivity index (χ3v) is 7.07. The van der Waals surface area contributed by atoms with E-state index in [9.17, 15) is 5.11 Å². The Hall–Kier alpha value is 0.500. The highest BCUT2D eigenvalue weighted by molar-refractivity contribution is 8.17. The van der Waals surface area contributed by atoms with E-state index in [1.807, 2.05) is 51.2 Å². The Morgan fingerprint density at radius 2 is 1.41 bits per heavy atom. The van der Waals surface area contributed by atoms with E-state index in [-0.39, 0.29) is 31.0 Å². The average molecular weight is 351 g/mol. The second-order valence-electron chi connectivity index (χ2n) is 6.85. The van der Waals surface area contributed by atoms with E-state index in [4.69, 9.17) is 18.9 Å². The first kappa shape index (κ1) is 17.3. The van der Waals surface area contributed by atoms with Crippen LogP contribution in [0.5, 0.6) is 0 Å². The van der Waals surface area contributed by atoms with Crippen molar-refractivity contribution in [1.29, 1.82) is 0 Å². The van der Waals surface area contributed by atoms with Gasteiger partial charge in [0, 0.05) is 0 Å². The third kappa shape index (κ3) is 3.61. The summed E-state index contributed by atoms with van der Waals surface area (Å²) in [5.41, 5.74) is 0. The topological polar surface area (TPSA) is 57.2 Å². The lowest BCUT2D eigenvalue weighted by atomic mass is 10.0. The SMILES string of the molecule is CC1(C)O[C@H]([C@@H]2OC(C)(C)O[C@H]2C2SCCCS2)[C@@H](CO)O1. The fourth-order valence-electron chi connectivity index (χ4n) is 3.26. The molecule has 5 nitrogen and oxygen atoms in total. The van der Waals surface area contributed by atoms with Crippen molar-refractivity contribution < 1.29 is 24.1 Å². The summed E-state index contributed by atoms with van der Waals surface area (Å²) >= 11 is 3.86. The van der Waals surface area contributed by atoms with E-state index in [1.165, 1.54) is 6.42 Å². The van der Waals surface area contributed by atoms with Gasteiger partial charge in [0.15, 0.2) is 11.6 Å². The van der Waals surface area contributed by atoms with Gasteiger partial charge >= 0.3 is 0 Å². The number of aliphatic hydroxyl groups excluding tert-OH is 1. The molecule has 22 heavy (non-hydrogen) atoms. The maximum absolute atomic E-state index is 9.64. The molecule has 1 N–H and O–H groups in total. The molecular weight excluding hydrogens is 324 g/mol. The minimum Gasteiger partial charge on any atom is -0.394 e. The van der Waals surface area contributed by atoms with Crippen LogP contribution in [-0.4, -0.2) is 63.8 Å². The molecule has 3 aliphatic rings. The Kier molecular flexibility index (Phi) is 5.06. The molecule has 0 spiro atoms. The van der Waals surface area contributed by atoms with Gasteiger partial charge in [-0.05, 0) is 45.6 Å². The van der Waals surface area contributed by atoms with Crippen LogP contribution in [0.15, 0.2) is 0 Å². The molecule has 3 fully saturated rings. The van der Waals surface area contributed by atoms with Gasteiger partial charge in [0.1, 0.15) is 24.4 Å². The number of aliphatic hydroxyl groups is 1. The van der Waals surface area contributed by atoms with Crippen LogP contribution < -0.4 is 0 Å². The third-order valence-electron chi connectivity index (χ3n) is 4.01. The van der Waals surface area contributed by atoms with Gasteiger partial charge in [0.05, 0.1) is 11.2 Å². The Balaban J connectivity index is 1.79. The number of rotatable bonds is 3. The van der Waals surface area contributed by atoms with E-state index in [1.54, 1.807) is 0 Å². The molecule has 0 bridgehead atoms. The van der Waals surface area contributed by atoms with Crippen molar-refractivity contribution in [1.82, 2.24) is 0 Å². The van der Waals surface area contributed by atoms with Crippen molar-refractivity contribution in [3.05, 3.63) is 0 Å². The first-order valence-corrected chi connectivity index (χ1v) is 9.96. The fourth-order valence-corrected chi connectivity index (χ4v) is 6.29. The van der Waals surface area contributed by atoms with E-state index in [0.717, 1.165) is 11.5 Å². The summed E-state index contributed by atoms with van der Waals surface area (Å²) in [6.07, 6.45) is 0.273. The van der Waals surface area contributed by atoms with Crippen molar-refractivity contribution >= 4 is 23.5 Å². The average Bonchev–Trinajstić information content (AvgIpc) is 2.95. The molecule has 0 unspecified atom stereocenters. The highest BCUT2D eigenvalue weighted by Crippen LogP contribution is 2.45. The molecule has 0 aromatic rings. The summed E-state index contributed by atoms with van der Waals surface area (Å²) < 4.78 is 24.5. The maximum atomic E-state index is 9.64. The number of hydrogen-bond donors (Lipinski definition) is 1. The number of thioether (sulfide) groups is 2. The molecule has 4 atom stereocenters. The molecule has 3 rings (SSSR count). The molecule has 128 valence electrons. The lowest BCUT2D eigenvalue weighted by Gasteiger charge is -2.31. The summed E-state index contributed by atoms with van der Waals surface area (Å²) in [4.78, 5) is 0. The van der Waals surface area contributed by atoms with Crippen molar-refractivity contribution in [2.45, 2.75) is 74.7 Å². The Morgan fingerprint density at radius 1 is 0.864 bits per heavy atom. The molecule has 0 aliphatic carbocycles. The highest BCUT2D eigenvalue weighted by Gasteiger charge is 2.55. The van der Waals surface area contributed by atoms with Crippen molar-refractivity contribution in [3.8, 4) is 0 Å². The molecule has 0 aromatic heterocycles. The van der Waals surface area contributed by atoms with Gasteiger partial charge < -0.3 is 24.1 Å². The predicted octanol–water partition coefficient (Wildman–Crippen LogP) is 2.22. The van der Waals surface area contributed by atoms with E-state index in [2.05, 4.69) is 0 Å². The highest BCUT2D eigenvalue weighted by atomic mass is 32.2. The lowest BCUT2D eigenvalue weighted by Crippen LogP contribution is -2.46. The molecular formula is C15H26O5S2. The van der Waals surface area contributed by atoms with Crippen LogP contribution in [0.1, 0.15) is 34.1 Å². The first-order chi connectivity index (χ1) is 10.3. The van der Waals surface area contributed by atoms with Crippen molar-refractivity contribution in [2.75, 3.05) is 18.1 Å². The smallest absolute Gasteiger partial charge is 0.164 e. The van der Waals surface area contributed by atoms with Gasteiger partial charge in [-0.3, -0.25) is 0 Å². The van der Waals surface area contributed by atoms with E-state index < -0.39 is 11.6 Å². The number of ether oxygens (including phenoxy) is 4. The van der Waals surface area contributed by atoms with Crippen LogP contribution in [0, 0.1) is 0 Å². The Bertz CT molecular complexity index is 397. The second-order valence-corrected chi connectivity index (χ2v) is 9.65. The van der Waals surface area contributed by atoms with Gasteiger partial charge in [0.2, 0.25) is 0 Å². The van der Waals surface area contributed by atoms with Crippen LogP contribution >= 0.6 is 23.5 Å². The van der Waals surface area contributed by atoms with Crippen LogP contribution in [0.25, 0.3) is 0 Å². The fraction of sp³-hybridized carbons (Fsp3) is 1.00. The number of hydrogen-bond acceptors (Lipinski definition) is 7. The molecule has 0 radical (unpaired) electrons. The van der Waals surface area contributed by atoms with Crippen LogP contribution in [-0.2, 0) is 18.9 Å². The minimum atomic E-state index is -0.703. The quantitative estimate of drug-likeness (QED) is 0.837. The first-order valence-electron chi connectivity index (χ1n) is 7.87. The van der Waals surface area contributed by atoms with Crippen LogP contribution in [0.3, 0.4) is 0 Å². The molecule has 0 amide bonds. The van der Waals surface area contributed by atoms with Gasteiger partial charge in [-0.1, -0.05) is 0 Å². The monoisotopic (exact) mass is 350 g/mol. The summed E-state index contributed by atoms with van der Waals surface area (Å²) in [7, 11) is 0. The summed E-state index contributed by atoms with van der Waals surface area (Å²) in [5, 5.41) is 9.64. The second kappa shape index (κ2) is 6.43. The lowest BCUT2D eigenvalue weighted by molar-refractivity contribution is -0.175. The molecule has 0 aromatic carbocycles. The van der Waals surface area contributed by atoms with Gasteiger partial charge in [-0.25, -0.2) is 0 Å². The predicted molar refractivity (Wildman–Crippen MR) is 88.1 cm³/mol. The Labute approximate surface area is 140 Å². The molecule has 3 saturated heterocycles. The minimum absolute atomic E-state index is 0.0538. The zero-order chi connectivity index (χ0) is 16.0. The normalized spacial score (nSPS) is 41.9. The van der Waals surface area contributed by atoms with Crippen LogP contribution in [0.4, 0.5) is 0 Å². The van der Waals surface area contributed by atoms with Gasteiger partial charge in [0.25, 0.3) is 0 Å². The standard InChI is InChI=1S/C15H26O5S2/c1-14(2)17-9(8-16)10(18-14)11-12(20-15(3,4)19-11)13-21-6-5-7-22-13/h9-13,16H,5-8H2,1-4H3/t9-,10+,11+,12-/m1/s1. The van der Waals surface area contributed by atoms with E-state index in [0.29, 0.717) is 4.58 Å².